The summed E-state index contributed by atoms with van der Waals surface area (Å²) in [5, 5.41) is 6.83. The molecule has 2 aromatic heterocycles. The zero-order valence-corrected chi connectivity index (χ0v) is 16.6. The Balaban J connectivity index is 1.34. The van der Waals surface area contributed by atoms with Crippen LogP contribution >= 0.6 is 0 Å². The molecule has 0 aromatic carbocycles. The summed E-state index contributed by atoms with van der Waals surface area (Å²) < 4.78 is 32.3. The number of hydrogen-bond donors (Lipinski definition) is 1. The van der Waals surface area contributed by atoms with Crippen molar-refractivity contribution in [3.05, 3.63) is 47.6 Å². The smallest absolute Gasteiger partial charge is 0.273 e. The molecule has 1 saturated heterocycles. The molecular formula is C19H24N4O4S. The van der Waals surface area contributed by atoms with E-state index in [-0.39, 0.29) is 23.7 Å². The van der Waals surface area contributed by atoms with Gasteiger partial charge in [0.15, 0.2) is 5.69 Å². The van der Waals surface area contributed by atoms with Crippen molar-refractivity contribution < 1.29 is 17.7 Å². The molecular weight excluding hydrogens is 380 g/mol. The van der Waals surface area contributed by atoms with Crippen LogP contribution in [-0.2, 0) is 15.8 Å². The van der Waals surface area contributed by atoms with E-state index in [0.29, 0.717) is 36.6 Å². The van der Waals surface area contributed by atoms with Crippen LogP contribution in [0.4, 0.5) is 0 Å². The number of hydrogen-bond acceptors (Lipinski definition) is 6. The first-order valence-electron chi connectivity index (χ1n) is 9.58. The molecule has 0 unspecified atom stereocenters. The number of nitrogens with one attached hydrogen (secondary N) is 1. The van der Waals surface area contributed by atoms with Crippen molar-refractivity contribution in [2.45, 2.75) is 56.4 Å². The third kappa shape index (κ3) is 4.25. The highest BCUT2D eigenvalue weighted by atomic mass is 32.2. The standard InChI is InChI=1S/C19H24N4O4S/c1-13-9-16(21-19(24)17-10-18(27-22-17)15-4-5-15)6-8-23(13)28(25,26)12-14-3-2-7-20-11-14/h2-3,7,10-11,13,15-16H,4-6,8-9,12H2,1H3,(H,21,24)/t13-,16-/m0/s1. The van der Waals surface area contributed by atoms with Crippen molar-refractivity contribution >= 4 is 15.9 Å². The molecule has 2 atom stereocenters. The van der Waals surface area contributed by atoms with Crippen molar-refractivity contribution in [1.29, 1.82) is 0 Å². The summed E-state index contributed by atoms with van der Waals surface area (Å²) in [4.78, 5) is 16.4. The van der Waals surface area contributed by atoms with Crippen LogP contribution in [0.1, 0.15) is 60.3 Å². The van der Waals surface area contributed by atoms with E-state index in [1.54, 1.807) is 30.6 Å². The normalized spacial score (nSPS) is 23.5. The lowest BCUT2D eigenvalue weighted by Gasteiger charge is -2.36. The van der Waals surface area contributed by atoms with Gasteiger partial charge in [-0.2, -0.15) is 4.31 Å². The van der Waals surface area contributed by atoms with E-state index < -0.39 is 10.0 Å². The third-order valence-electron chi connectivity index (χ3n) is 5.32. The minimum absolute atomic E-state index is 0.0644. The maximum absolute atomic E-state index is 12.8. The number of sulfonamides is 1. The predicted molar refractivity (Wildman–Crippen MR) is 102 cm³/mol. The van der Waals surface area contributed by atoms with Crippen LogP contribution in [0.3, 0.4) is 0 Å². The number of carbonyl (C=O) groups excluding carboxylic acids is 1. The lowest BCUT2D eigenvalue weighted by molar-refractivity contribution is 0.0905. The molecule has 0 bridgehead atoms. The Morgan fingerprint density at radius 3 is 2.86 bits per heavy atom. The van der Waals surface area contributed by atoms with Crippen molar-refractivity contribution in [3.63, 3.8) is 0 Å². The highest BCUT2D eigenvalue weighted by Crippen LogP contribution is 2.40. The third-order valence-corrected chi connectivity index (χ3v) is 7.28. The van der Waals surface area contributed by atoms with E-state index in [1.807, 2.05) is 6.92 Å². The maximum Gasteiger partial charge on any atom is 0.273 e. The van der Waals surface area contributed by atoms with Gasteiger partial charge < -0.3 is 9.84 Å². The van der Waals surface area contributed by atoms with Crippen LogP contribution in [0.5, 0.6) is 0 Å². The highest BCUT2D eigenvalue weighted by Gasteiger charge is 2.35. The molecule has 0 spiro atoms. The molecule has 150 valence electrons. The number of amides is 1. The van der Waals surface area contributed by atoms with Crippen LogP contribution in [0.2, 0.25) is 0 Å². The van der Waals surface area contributed by atoms with E-state index in [4.69, 9.17) is 4.52 Å². The Morgan fingerprint density at radius 1 is 1.36 bits per heavy atom. The lowest BCUT2D eigenvalue weighted by Crippen LogP contribution is -2.51. The zero-order chi connectivity index (χ0) is 19.7. The molecule has 9 heteroatoms. The number of piperidine rings is 1. The molecule has 2 aliphatic rings. The fraction of sp³-hybridized carbons (Fsp3) is 0.526. The Morgan fingerprint density at radius 2 is 2.18 bits per heavy atom. The quantitative estimate of drug-likeness (QED) is 0.790. The monoisotopic (exact) mass is 404 g/mol. The van der Waals surface area contributed by atoms with Gasteiger partial charge in [0.25, 0.3) is 5.91 Å². The van der Waals surface area contributed by atoms with Gasteiger partial charge in [0, 0.05) is 43.0 Å². The Labute approximate surface area is 164 Å². The van der Waals surface area contributed by atoms with Gasteiger partial charge >= 0.3 is 0 Å². The summed E-state index contributed by atoms with van der Waals surface area (Å²) in [5.74, 6) is 0.849. The highest BCUT2D eigenvalue weighted by molar-refractivity contribution is 7.88. The van der Waals surface area contributed by atoms with Crippen LogP contribution in [-0.4, -0.2) is 47.4 Å². The summed E-state index contributed by atoms with van der Waals surface area (Å²) in [7, 11) is -3.44. The molecule has 4 rings (SSSR count). The minimum atomic E-state index is -3.44. The number of pyridine rings is 1. The topological polar surface area (TPSA) is 105 Å². The molecule has 1 N–H and O–H groups in total. The van der Waals surface area contributed by atoms with Crippen molar-refractivity contribution in [2.75, 3.05) is 6.54 Å². The maximum atomic E-state index is 12.8. The summed E-state index contributed by atoms with van der Waals surface area (Å²) in [6.45, 7) is 2.25. The first kappa shape index (κ1) is 19.1. The molecule has 0 radical (unpaired) electrons. The summed E-state index contributed by atoms with van der Waals surface area (Å²) in [6, 6.07) is 4.92. The van der Waals surface area contributed by atoms with Gasteiger partial charge in [-0.25, -0.2) is 8.42 Å². The summed E-state index contributed by atoms with van der Waals surface area (Å²) >= 11 is 0. The van der Waals surface area contributed by atoms with Gasteiger partial charge in [-0.15, -0.1) is 0 Å². The van der Waals surface area contributed by atoms with E-state index in [2.05, 4.69) is 15.5 Å². The molecule has 1 aliphatic carbocycles. The largest absolute Gasteiger partial charge is 0.360 e. The van der Waals surface area contributed by atoms with Gasteiger partial charge in [0.1, 0.15) is 5.76 Å². The molecule has 8 nitrogen and oxygen atoms in total. The number of carbonyl (C=O) groups is 1. The number of aromatic nitrogens is 2. The van der Waals surface area contributed by atoms with Crippen molar-refractivity contribution in [2.24, 2.45) is 0 Å². The van der Waals surface area contributed by atoms with E-state index >= 15 is 0 Å². The van der Waals surface area contributed by atoms with Crippen LogP contribution < -0.4 is 5.32 Å². The minimum Gasteiger partial charge on any atom is -0.360 e. The first-order valence-corrected chi connectivity index (χ1v) is 11.2. The van der Waals surface area contributed by atoms with Crippen LogP contribution in [0, 0.1) is 0 Å². The van der Waals surface area contributed by atoms with E-state index in [9.17, 15) is 13.2 Å². The van der Waals surface area contributed by atoms with E-state index in [0.717, 1.165) is 18.6 Å². The Hall–Kier alpha value is -2.26. The summed E-state index contributed by atoms with van der Waals surface area (Å²) in [5.41, 5.74) is 0.962. The lowest BCUT2D eigenvalue weighted by atomic mass is 10.0. The van der Waals surface area contributed by atoms with Crippen LogP contribution in [0.25, 0.3) is 0 Å². The van der Waals surface area contributed by atoms with Gasteiger partial charge in [-0.1, -0.05) is 11.2 Å². The Kier molecular flexibility index (Phi) is 5.20. The second-order valence-corrected chi connectivity index (χ2v) is 9.58. The fourth-order valence-electron chi connectivity index (χ4n) is 3.69. The Bertz CT molecular complexity index is 940. The van der Waals surface area contributed by atoms with E-state index in [1.165, 1.54) is 4.31 Å². The van der Waals surface area contributed by atoms with Crippen LogP contribution in [0.15, 0.2) is 35.1 Å². The van der Waals surface area contributed by atoms with Gasteiger partial charge in [0.2, 0.25) is 10.0 Å². The zero-order valence-electron chi connectivity index (χ0n) is 15.7. The second-order valence-electron chi connectivity index (χ2n) is 7.66. The molecule has 1 aliphatic heterocycles. The van der Waals surface area contributed by atoms with Gasteiger partial charge in [-0.05, 0) is 44.2 Å². The molecule has 3 heterocycles. The SMILES string of the molecule is C[C@H]1C[C@@H](NC(=O)c2cc(C3CC3)on2)CCN1S(=O)(=O)Cc1cccnc1. The van der Waals surface area contributed by atoms with Crippen molar-refractivity contribution in [1.82, 2.24) is 19.8 Å². The molecule has 2 fully saturated rings. The van der Waals surface area contributed by atoms with Crippen molar-refractivity contribution in [3.8, 4) is 0 Å². The molecule has 1 saturated carbocycles. The average molecular weight is 404 g/mol. The number of nitrogens with zero attached hydrogens (tertiary/aromatic N) is 3. The molecule has 1 amide bonds. The predicted octanol–water partition coefficient (Wildman–Crippen LogP) is 2.06. The first-order chi connectivity index (χ1) is 13.4. The number of rotatable bonds is 6. The van der Waals surface area contributed by atoms with Gasteiger partial charge in [0.05, 0.1) is 5.75 Å². The molecule has 2 aromatic rings. The second kappa shape index (κ2) is 7.63. The average Bonchev–Trinajstić information content (AvgIpc) is 3.38. The fourth-order valence-corrected chi connectivity index (χ4v) is 5.46. The summed E-state index contributed by atoms with van der Waals surface area (Å²) in [6.07, 6.45) is 6.49. The molecule has 28 heavy (non-hydrogen) atoms. The van der Waals surface area contributed by atoms with Gasteiger partial charge in [-0.3, -0.25) is 9.78 Å².